The van der Waals surface area contributed by atoms with E-state index in [9.17, 15) is 9.59 Å². The van der Waals surface area contributed by atoms with Gasteiger partial charge >= 0.3 is 6.09 Å². The largest absolute Gasteiger partial charge is 0.469 e. The van der Waals surface area contributed by atoms with E-state index >= 15 is 0 Å². The molecule has 0 aliphatic carbocycles. The number of benzene rings is 1. The van der Waals surface area contributed by atoms with Crippen molar-refractivity contribution < 1.29 is 18.7 Å². The van der Waals surface area contributed by atoms with Crippen LogP contribution in [0.25, 0.3) is 0 Å². The zero-order valence-electron chi connectivity index (χ0n) is 12.3. The molecule has 1 aliphatic rings. The summed E-state index contributed by atoms with van der Waals surface area (Å²) in [5, 5.41) is 0. The van der Waals surface area contributed by atoms with Crippen molar-refractivity contribution in [1.29, 1.82) is 0 Å². The van der Waals surface area contributed by atoms with Gasteiger partial charge in [0.1, 0.15) is 11.9 Å². The van der Waals surface area contributed by atoms with Crippen LogP contribution in [0.4, 0.5) is 4.79 Å². The molecule has 5 heteroatoms. The summed E-state index contributed by atoms with van der Waals surface area (Å²) in [7, 11) is 0. The summed E-state index contributed by atoms with van der Waals surface area (Å²) in [5.41, 5.74) is 0.893. The van der Waals surface area contributed by atoms with Gasteiger partial charge < -0.3 is 9.15 Å². The third-order valence-corrected chi connectivity index (χ3v) is 3.83. The second-order valence-electron chi connectivity index (χ2n) is 5.30. The van der Waals surface area contributed by atoms with Crippen molar-refractivity contribution in [2.24, 2.45) is 0 Å². The zero-order chi connectivity index (χ0) is 15.5. The zero-order valence-corrected chi connectivity index (χ0v) is 12.3. The summed E-state index contributed by atoms with van der Waals surface area (Å²) in [4.78, 5) is 25.6. The Kier molecular flexibility index (Phi) is 3.96. The van der Waals surface area contributed by atoms with Gasteiger partial charge in [0.15, 0.2) is 0 Å². The topological polar surface area (TPSA) is 59.8 Å². The van der Waals surface area contributed by atoms with E-state index < -0.39 is 12.2 Å². The molecular weight excluding hydrogens is 282 g/mol. The number of rotatable bonds is 4. The third kappa shape index (κ3) is 2.74. The number of carbonyl (C=O) groups excluding carboxylic acids is 2. The fraction of sp³-hybridized carbons (Fsp3) is 0.294. The van der Waals surface area contributed by atoms with Gasteiger partial charge in [0.05, 0.1) is 12.3 Å². The van der Waals surface area contributed by atoms with E-state index in [1.54, 1.807) is 12.3 Å². The molecule has 114 valence electrons. The molecule has 0 bridgehead atoms. The van der Waals surface area contributed by atoms with Gasteiger partial charge in [-0.3, -0.25) is 4.79 Å². The fourth-order valence-electron chi connectivity index (χ4n) is 2.69. The summed E-state index contributed by atoms with van der Waals surface area (Å²) >= 11 is 0. The molecule has 0 spiro atoms. The van der Waals surface area contributed by atoms with Crippen LogP contribution < -0.4 is 0 Å². The third-order valence-electron chi connectivity index (χ3n) is 3.83. The monoisotopic (exact) mass is 299 g/mol. The summed E-state index contributed by atoms with van der Waals surface area (Å²) < 4.78 is 10.6. The predicted octanol–water partition coefficient (Wildman–Crippen LogP) is 3.32. The molecule has 1 fully saturated rings. The first-order chi connectivity index (χ1) is 10.7. The van der Waals surface area contributed by atoms with Crippen molar-refractivity contribution in [3.05, 3.63) is 60.1 Å². The lowest BCUT2D eigenvalue weighted by Crippen LogP contribution is -2.37. The summed E-state index contributed by atoms with van der Waals surface area (Å²) in [6.45, 7) is 1.83. The van der Waals surface area contributed by atoms with Gasteiger partial charge in [0, 0.05) is 12.8 Å². The van der Waals surface area contributed by atoms with E-state index in [0.29, 0.717) is 6.42 Å². The highest BCUT2D eigenvalue weighted by Crippen LogP contribution is 2.32. The van der Waals surface area contributed by atoms with Crippen LogP contribution >= 0.6 is 0 Å². The molecule has 1 aliphatic heterocycles. The van der Waals surface area contributed by atoms with Gasteiger partial charge in [-0.05, 0) is 24.6 Å². The highest BCUT2D eigenvalue weighted by atomic mass is 16.6. The number of nitrogens with zero attached hydrogens (tertiary/aromatic N) is 1. The van der Waals surface area contributed by atoms with Crippen LogP contribution in [0.2, 0.25) is 0 Å². The maximum atomic E-state index is 12.3. The number of amides is 2. The van der Waals surface area contributed by atoms with E-state index in [-0.39, 0.29) is 18.4 Å². The molecule has 0 unspecified atom stereocenters. The van der Waals surface area contributed by atoms with Gasteiger partial charge in [0.25, 0.3) is 0 Å². The van der Waals surface area contributed by atoms with Crippen LogP contribution in [0.1, 0.15) is 30.8 Å². The molecule has 0 radical (unpaired) electrons. The Labute approximate surface area is 128 Å². The summed E-state index contributed by atoms with van der Waals surface area (Å²) in [5.74, 6) is 0.487. The van der Waals surface area contributed by atoms with Crippen LogP contribution in [0.5, 0.6) is 0 Å². The Morgan fingerprint density at radius 2 is 1.95 bits per heavy atom. The molecule has 1 aromatic carbocycles. The molecule has 2 atom stereocenters. The van der Waals surface area contributed by atoms with E-state index in [1.165, 1.54) is 4.90 Å². The van der Waals surface area contributed by atoms with Crippen molar-refractivity contribution in [2.75, 3.05) is 0 Å². The number of furan rings is 1. The second-order valence-corrected chi connectivity index (χ2v) is 5.30. The average Bonchev–Trinajstić information content (AvgIpc) is 3.14. The summed E-state index contributed by atoms with van der Waals surface area (Å²) in [6.07, 6.45) is 1.26. The highest BCUT2D eigenvalue weighted by molar-refractivity contribution is 5.93. The Bertz CT molecular complexity index is 651. The van der Waals surface area contributed by atoms with Crippen LogP contribution in [-0.4, -0.2) is 22.9 Å². The van der Waals surface area contributed by atoms with E-state index in [1.807, 2.05) is 43.3 Å². The normalized spacial score (nSPS) is 21.0. The standard InChI is InChI=1S/C17H17NO4/c1-12-16(13-6-3-2-4-7-13)22-17(20)18(12)15(19)10-9-14-8-5-11-21-14/h2-8,11-12,16H,9-10H2,1H3/t12-,16-/m1/s1. The molecule has 2 heterocycles. The van der Waals surface area contributed by atoms with Gasteiger partial charge in [-0.2, -0.15) is 0 Å². The van der Waals surface area contributed by atoms with Crippen molar-refractivity contribution >= 4 is 12.0 Å². The Hall–Kier alpha value is -2.56. The molecule has 0 saturated carbocycles. The molecule has 3 rings (SSSR count). The Morgan fingerprint density at radius 1 is 1.18 bits per heavy atom. The first-order valence-corrected chi connectivity index (χ1v) is 7.27. The molecule has 1 saturated heterocycles. The van der Waals surface area contributed by atoms with Crippen molar-refractivity contribution in [1.82, 2.24) is 4.90 Å². The number of cyclic esters (lactones) is 1. The first kappa shape index (κ1) is 14.4. The number of hydrogen-bond acceptors (Lipinski definition) is 4. The lowest BCUT2D eigenvalue weighted by molar-refractivity contribution is -0.129. The number of ether oxygens (including phenoxy) is 1. The van der Waals surface area contributed by atoms with Gasteiger partial charge in [-0.15, -0.1) is 0 Å². The number of imide groups is 1. The molecular formula is C17H17NO4. The number of hydrogen-bond donors (Lipinski definition) is 0. The SMILES string of the molecule is C[C@@H]1[C@H](c2ccccc2)OC(=O)N1C(=O)CCc1ccco1. The molecule has 1 aromatic heterocycles. The molecule has 5 nitrogen and oxygen atoms in total. The van der Waals surface area contributed by atoms with Crippen LogP contribution in [0.15, 0.2) is 53.1 Å². The number of aryl methyl sites for hydroxylation is 1. The second kappa shape index (κ2) is 6.05. The smallest absolute Gasteiger partial charge is 0.417 e. The van der Waals surface area contributed by atoms with Crippen LogP contribution in [0, 0.1) is 0 Å². The van der Waals surface area contributed by atoms with Gasteiger partial charge in [0.2, 0.25) is 5.91 Å². The fourth-order valence-corrected chi connectivity index (χ4v) is 2.69. The average molecular weight is 299 g/mol. The lowest BCUT2D eigenvalue weighted by atomic mass is 10.0. The lowest BCUT2D eigenvalue weighted by Gasteiger charge is -2.19. The molecule has 22 heavy (non-hydrogen) atoms. The quantitative estimate of drug-likeness (QED) is 0.869. The molecule has 2 amide bonds. The van der Waals surface area contributed by atoms with Crippen LogP contribution in [0.3, 0.4) is 0 Å². The minimum absolute atomic E-state index is 0.217. The maximum absolute atomic E-state index is 12.3. The Morgan fingerprint density at radius 3 is 2.64 bits per heavy atom. The van der Waals surface area contributed by atoms with E-state index in [0.717, 1.165) is 11.3 Å². The minimum atomic E-state index is -0.578. The predicted molar refractivity (Wildman–Crippen MR) is 79.0 cm³/mol. The summed E-state index contributed by atoms with van der Waals surface area (Å²) in [6, 6.07) is 12.7. The van der Waals surface area contributed by atoms with Crippen LogP contribution in [-0.2, 0) is 16.0 Å². The molecule has 0 N–H and O–H groups in total. The first-order valence-electron chi connectivity index (χ1n) is 7.27. The van der Waals surface area contributed by atoms with E-state index in [2.05, 4.69) is 0 Å². The highest BCUT2D eigenvalue weighted by Gasteiger charge is 2.42. The number of carbonyl (C=O) groups is 2. The van der Waals surface area contributed by atoms with Gasteiger partial charge in [-0.1, -0.05) is 30.3 Å². The van der Waals surface area contributed by atoms with Gasteiger partial charge in [-0.25, -0.2) is 9.69 Å². The van der Waals surface area contributed by atoms with E-state index in [4.69, 9.17) is 9.15 Å². The van der Waals surface area contributed by atoms with Crippen molar-refractivity contribution in [2.45, 2.75) is 31.9 Å². The van der Waals surface area contributed by atoms with Crippen molar-refractivity contribution in [3.63, 3.8) is 0 Å². The minimum Gasteiger partial charge on any atom is -0.469 e. The Balaban J connectivity index is 1.68. The van der Waals surface area contributed by atoms with Crippen molar-refractivity contribution in [3.8, 4) is 0 Å². The molecule has 2 aromatic rings. The maximum Gasteiger partial charge on any atom is 0.417 e.